The van der Waals surface area contributed by atoms with E-state index in [0.29, 0.717) is 4.24 Å². The van der Waals surface area contributed by atoms with E-state index >= 15 is 0 Å². The summed E-state index contributed by atoms with van der Waals surface area (Å²) in [7, 11) is 0. The number of hydrogen-bond acceptors (Lipinski definition) is 4. The van der Waals surface area contributed by atoms with E-state index in [4.69, 9.17) is 11.0 Å². The molecule has 0 spiro atoms. The fraction of sp³-hybridized carbons (Fsp3) is 0.200. The minimum absolute atomic E-state index is 0.0872. The second-order valence-electron chi connectivity index (χ2n) is 1.36. The van der Waals surface area contributed by atoms with Crippen molar-refractivity contribution in [2.75, 3.05) is 6.26 Å². The Labute approximate surface area is 68.7 Å². The molecular formula is C5H6N2OS2. The summed E-state index contributed by atoms with van der Waals surface area (Å²) >= 11 is 5.07. The lowest BCUT2D eigenvalue weighted by Crippen LogP contribution is -2.13. The number of carbonyl (C=O) groups excluding carboxylic acids is 1. The predicted octanol–water partition coefficient (Wildman–Crippen LogP) is 0.500. The number of hydrogen-bond donors (Lipinski definition) is 2. The van der Waals surface area contributed by atoms with E-state index in [1.807, 2.05) is 0 Å². The van der Waals surface area contributed by atoms with Gasteiger partial charge in [0, 0.05) is 0 Å². The Kier molecular flexibility index (Phi) is 4.00. The number of rotatable bonds is 2. The van der Waals surface area contributed by atoms with Crippen LogP contribution in [0, 0.1) is 11.3 Å². The topological polar surface area (TPSA) is 66.9 Å². The summed E-state index contributed by atoms with van der Waals surface area (Å²) in [5, 5.41) is 8.33. The van der Waals surface area contributed by atoms with Crippen molar-refractivity contribution >= 4 is 30.3 Å². The summed E-state index contributed by atoms with van der Waals surface area (Å²) in [6, 6.07) is 1.66. The molecule has 0 aliphatic carbocycles. The first-order valence-corrected chi connectivity index (χ1v) is 3.97. The maximum absolute atomic E-state index is 10.4. The molecule has 54 valence electrons. The number of nitriles is 1. The van der Waals surface area contributed by atoms with Gasteiger partial charge in [-0.15, -0.1) is 24.4 Å². The third-order valence-corrected chi connectivity index (χ3v) is 2.13. The number of thioether (sulfide) groups is 1. The monoisotopic (exact) mass is 174 g/mol. The van der Waals surface area contributed by atoms with Crippen LogP contribution in [0.15, 0.2) is 9.81 Å². The van der Waals surface area contributed by atoms with Crippen molar-refractivity contribution in [1.82, 2.24) is 0 Å². The number of primary amides is 1. The third-order valence-electron chi connectivity index (χ3n) is 0.765. The number of nitrogens with two attached hydrogens (primary N) is 1. The van der Waals surface area contributed by atoms with Gasteiger partial charge in [-0.1, -0.05) is 0 Å². The Morgan fingerprint density at radius 1 is 1.80 bits per heavy atom. The van der Waals surface area contributed by atoms with Crippen LogP contribution in [0.5, 0.6) is 0 Å². The highest BCUT2D eigenvalue weighted by atomic mass is 32.2. The lowest BCUT2D eigenvalue weighted by Gasteiger charge is -1.94. The second-order valence-corrected chi connectivity index (χ2v) is 2.93. The van der Waals surface area contributed by atoms with E-state index in [-0.39, 0.29) is 5.57 Å². The highest BCUT2D eigenvalue weighted by molar-refractivity contribution is 8.15. The maximum Gasteiger partial charge on any atom is 0.261 e. The number of thiol groups is 1. The summed E-state index contributed by atoms with van der Waals surface area (Å²) in [6.07, 6.45) is 1.71. The van der Waals surface area contributed by atoms with Crippen LogP contribution < -0.4 is 5.73 Å². The lowest BCUT2D eigenvalue weighted by molar-refractivity contribution is -0.114. The first-order chi connectivity index (χ1) is 4.63. The van der Waals surface area contributed by atoms with E-state index in [1.54, 1.807) is 12.3 Å². The first-order valence-electron chi connectivity index (χ1n) is 2.30. The van der Waals surface area contributed by atoms with E-state index < -0.39 is 5.91 Å². The number of nitrogens with zero attached hydrogens (tertiary/aromatic N) is 1. The molecule has 0 radical (unpaired) electrons. The summed E-state index contributed by atoms with van der Waals surface area (Å²) in [5.41, 5.74) is 4.75. The molecule has 0 unspecified atom stereocenters. The Hall–Kier alpha value is -0.600. The van der Waals surface area contributed by atoms with Gasteiger partial charge in [-0.05, 0) is 6.26 Å². The Morgan fingerprint density at radius 3 is 2.40 bits per heavy atom. The highest BCUT2D eigenvalue weighted by Gasteiger charge is 2.07. The van der Waals surface area contributed by atoms with Gasteiger partial charge in [0.15, 0.2) is 0 Å². The van der Waals surface area contributed by atoms with Crippen molar-refractivity contribution in [2.24, 2.45) is 5.73 Å². The molecule has 0 aromatic rings. The van der Waals surface area contributed by atoms with Gasteiger partial charge in [0.05, 0.1) is 4.24 Å². The van der Waals surface area contributed by atoms with E-state index in [0.717, 1.165) is 0 Å². The van der Waals surface area contributed by atoms with Gasteiger partial charge in [0.2, 0.25) is 0 Å². The van der Waals surface area contributed by atoms with Gasteiger partial charge in [0.1, 0.15) is 11.6 Å². The normalized spacial score (nSPS) is 11.7. The molecule has 0 bridgehead atoms. The summed E-state index contributed by atoms with van der Waals surface area (Å²) < 4.78 is 0.356. The van der Waals surface area contributed by atoms with Gasteiger partial charge < -0.3 is 5.73 Å². The molecule has 0 saturated heterocycles. The fourth-order valence-corrected chi connectivity index (χ4v) is 0.821. The molecule has 0 aliphatic rings. The molecule has 3 nitrogen and oxygen atoms in total. The van der Waals surface area contributed by atoms with Crippen LogP contribution in [-0.2, 0) is 4.79 Å². The average molecular weight is 174 g/mol. The zero-order valence-corrected chi connectivity index (χ0v) is 7.00. The van der Waals surface area contributed by atoms with Crippen molar-refractivity contribution in [3.05, 3.63) is 9.81 Å². The maximum atomic E-state index is 10.4. The SMILES string of the molecule is CSC(S)=C(C#N)C(N)=O. The molecule has 0 heterocycles. The standard InChI is InChI=1S/C5H6N2OS2/c1-10-5(9)3(2-6)4(7)8/h9H,1H3,(H2,7,8). The predicted molar refractivity (Wildman–Crippen MR) is 44.3 cm³/mol. The number of carbonyl (C=O) groups is 1. The molecule has 0 aromatic carbocycles. The summed E-state index contributed by atoms with van der Waals surface area (Å²) in [4.78, 5) is 10.4. The Balaban J connectivity index is 4.68. The van der Waals surface area contributed by atoms with Crippen molar-refractivity contribution < 1.29 is 4.79 Å². The average Bonchev–Trinajstić information content (AvgIpc) is 1.88. The van der Waals surface area contributed by atoms with E-state index in [2.05, 4.69) is 12.6 Å². The van der Waals surface area contributed by atoms with Crippen LogP contribution in [0.1, 0.15) is 0 Å². The third kappa shape index (κ3) is 2.33. The van der Waals surface area contributed by atoms with Gasteiger partial charge in [-0.2, -0.15) is 5.26 Å². The van der Waals surface area contributed by atoms with E-state index in [9.17, 15) is 4.79 Å². The minimum Gasteiger partial charge on any atom is -0.365 e. The van der Waals surface area contributed by atoms with E-state index in [1.165, 1.54) is 11.8 Å². The summed E-state index contributed by atoms with van der Waals surface area (Å²) in [5.74, 6) is -0.734. The number of amides is 1. The van der Waals surface area contributed by atoms with Crippen molar-refractivity contribution in [1.29, 1.82) is 5.26 Å². The zero-order valence-electron chi connectivity index (χ0n) is 5.29. The fourth-order valence-electron chi connectivity index (χ4n) is 0.310. The van der Waals surface area contributed by atoms with Crippen LogP contribution in [0.25, 0.3) is 0 Å². The van der Waals surface area contributed by atoms with Crippen LogP contribution in [-0.4, -0.2) is 12.2 Å². The molecule has 10 heavy (non-hydrogen) atoms. The largest absolute Gasteiger partial charge is 0.365 e. The quantitative estimate of drug-likeness (QED) is 0.364. The van der Waals surface area contributed by atoms with Crippen molar-refractivity contribution in [2.45, 2.75) is 0 Å². The van der Waals surface area contributed by atoms with Gasteiger partial charge in [-0.25, -0.2) is 0 Å². The molecule has 2 N–H and O–H groups in total. The Morgan fingerprint density at radius 2 is 2.30 bits per heavy atom. The second kappa shape index (κ2) is 4.25. The molecule has 1 amide bonds. The van der Waals surface area contributed by atoms with Crippen molar-refractivity contribution in [3.8, 4) is 6.07 Å². The van der Waals surface area contributed by atoms with Gasteiger partial charge >= 0.3 is 0 Å². The molecule has 0 aliphatic heterocycles. The molecule has 0 saturated carbocycles. The smallest absolute Gasteiger partial charge is 0.261 e. The molecule has 5 heteroatoms. The molecular weight excluding hydrogens is 168 g/mol. The van der Waals surface area contributed by atoms with Crippen LogP contribution in [0.3, 0.4) is 0 Å². The van der Waals surface area contributed by atoms with Gasteiger partial charge in [-0.3, -0.25) is 4.79 Å². The molecule has 0 atom stereocenters. The molecule has 0 fully saturated rings. The molecule has 0 rings (SSSR count). The Bertz CT molecular complexity index is 216. The summed E-state index contributed by atoms with van der Waals surface area (Å²) in [6.45, 7) is 0. The first kappa shape index (κ1) is 9.40. The minimum atomic E-state index is -0.734. The highest BCUT2D eigenvalue weighted by Crippen LogP contribution is 2.19. The zero-order chi connectivity index (χ0) is 8.15. The van der Waals surface area contributed by atoms with Crippen LogP contribution >= 0.6 is 24.4 Å². The van der Waals surface area contributed by atoms with Crippen LogP contribution in [0.2, 0.25) is 0 Å². The van der Waals surface area contributed by atoms with Crippen LogP contribution in [0.4, 0.5) is 0 Å². The van der Waals surface area contributed by atoms with Crippen molar-refractivity contribution in [3.63, 3.8) is 0 Å². The van der Waals surface area contributed by atoms with Gasteiger partial charge in [0.25, 0.3) is 5.91 Å². The lowest BCUT2D eigenvalue weighted by atomic mass is 10.3. The molecule has 0 aromatic heterocycles.